The zero-order valence-corrected chi connectivity index (χ0v) is 36.6. The van der Waals surface area contributed by atoms with E-state index in [9.17, 15) is 55.2 Å². The van der Waals surface area contributed by atoms with Gasteiger partial charge in [-0.15, -0.1) is 5.10 Å². The van der Waals surface area contributed by atoms with Crippen molar-refractivity contribution >= 4 is 21.5 Å². The summed E-state index contributed by atoms with van der Waals surface area (Å²) in [7, 11) is 7.63. The molecule has 0 bridgehead atoms. The first-order valence-corrected chi connectivity index (χ1v) is 21.5. The number of hydrogen-bond donors (Lipinski definition) is 8. The van der Waals surface area contributed by atoms with Gasteiger partial charge < -0.3 is 69.6 Å². The Balaban J connectivity index is 1.07. The van der Waals surface area contributed by atoms with E-state index in [0.29, 0.717) is 60.9 Å². The van der Waals surface area contributed by atoms with E-state index < -0.39 is 91.3 Å². The fraction of sp³-hybridized carbons (Fsp3) is 0.619. The lowest BCUT2D eigenvalue weighted by Gasteiger charge is -2.45. The summed E-state index contributed by atoms with van der Waals surface area (Å²) in [4.78, 5) is 50.8. The van der Waals surface area contributed by atoms with E-state index in [1.807, 2.05) is 38.0 Å². The predicted molar refractivity (Wildman–Crippen MR) is 230 cm³/mol. The van der Waals surface area contributed by atoms with Crippen LogP contribution in [0.5, 0.6) is 5.88 Å². The van der Waals surface area contributed by atoms with Crippen LogP contribution < -0.4 is 22.0 Å². The number of aryl methyl sites for hydroxylation is 1. The van der Waals surface area contributed by atoms with Crippen molar-refractivity contribution in [2.75, 3.05) is 61.0 Å². The van der Waals surface area contributed by atoms with Crippen LogP contribution >= 0.6 is 0 Å². The quantitative estimate of drug-likeness (QED) is 0.0289. The third kappa shape index (κ3) is 9.79. The van der Waals surface area contributed by atoms with E-state index in [1.54, 1.807) is 24.4 Å². The van der Waals surface area contributed by atoms with Gasteiger partial charge in [-0.1, -0.05) is 5.21 Å². The van der Waals surface area contributed by atoms with Crippen LogP contribution in [0.25, 0.3) is 32.7 Å². The Labute approximate surface area is 371 Å². The maximum atomic E-state index is 14.3. The first kappa shape index (κ1) is 48.3. The second-order valence-electron chi connectivity index (χ2n) is 17.1. The molecule has 0 saturated carbocycles. The number of aliphatic hydroxyl groups excluding tert-OH is 7. The van der Waals surface area contributed by atoms with Crippen molar-refractivity contribution in [2.45, 2.75) is 107 Å². The minimum atomic E-state index is -1.80. The van der Waals surface area contributed by atoms with Gasteiger partial charge in [0.25, 0.3) is 16.7 Å². The van der Waals surface area contributed by atoms with Gasteiger partial charge in [0.15, 0.2) is 12.6 Å². The molecule has 1 aromatic carbocycles. The standard InChI is InChI=1S/C42H58N8O15/c1-46(2)11-6-14-49-37(58)22-8-9-23-29-28(22)24(39(49)60)16-25(30(29)40(61)50(38(23)59)15-7-12-47(3)4)43-10-5-13-48-17-21(44-45-48)20-62-41-35(57)33(55)36(27(19-52)64-41)65-42-34(56)32(54)31(53)26(18-51)63-42/h8-9,16-17,26-27,31-36,41-42,51-57,59H,5-7,10-15,18-20H2,1-4H3/t26-,27-,31-,32+,33-,34-,35-,36-,41-,42-/m1/s1. The third-order valence-corrected chi connectivity index (χ3v) is 11.9. The smallest absolute Gasteiger partial charge is 0.263 e. The molecule has 356 valence electrons. The molecule has 0 radical (unpaired) electrons. The Kier molecular flexibility index (Phi) is 15.2. The largest absolute Gasteiger partial charge is 0.494 e. The van der Waals surface area contributed by atoms with Crippen LogP contribution in [0.1, 0.15) is 25.0 Å². The fourth-order valence-corrected chi connectivity index (χ4v) is 8.49. The van der Waals surface area contributed by atoms with E-state index >= 15 is 0 Å². The average Bonchev–Trinajstić information content (AvgIpc) is 3.74. The van der Waals surface area contributed by atoms with E-state index in [0.717, 1.165) is 0 Å². The molecule has 3 aliphatic heterocycles. The van der Waals surface area contributed by atoms with Gasteiger partial charge in [0.1, 0.15) is 54.5 Å². The molecule has 2 fully saturated rings. The Morgan fingerprint density at radius 2 is 1.38 bits per heavy atom. The van der Waals surface area contributed by atoms with Gasteiger partial charge >= 0.3 is 0 Å². The zero-order valence-electron chi connectivity index (χ0n) is 36.6. The highest BCUT2D eigenvalue weighted by Crippen LogP contribution is 2.37. The van der Waals surface area contributed by atoms with E-state index in [4.69, 9.17) is 23.9 Å². The second kappa shape index (κ2) is 20.5. The highest BCUT2D eigenvalue weighted by Gasteiger charge is 2.50. The number of ether oxygens (including phenoxy) is 4. The molecule has 0 spiro atoms. The average molecular weight is 915 g/mol. The molecule has 4 aliphatic rings. The zero-order chi connectivity index (χ0) is 46.9. The van der Waals surface area contributed by atoms with Gasteiger partial charge in [0.05, 0.1) is 42.3 Å². The summed E-state index contributed by atoms with van der Waals surface area (Å²) < 4.78 is 26.4. The molecule has 10 atom stereocenters. The Bertz CT molecular complexity index is 2600. The summed E-state index contributed by atoms with van der Waals surface area (Å²) in [5, 5.41) is 93.0. The molecule has 23 heteroatoms. The van der Waals surface area contributed by atoms with Crippen LogP contribution in [0.4, 0.5) is 0 Å². The van der Waals surface area contributed by atoms with Crippen LogP contribution in [-0.4, -0.2) is 197 Å². The number of benzene rings is 2. The molecule has 1 aliphatic carbocycles. The minimum Gasteiger partial charge on any atom is -0.494 e. The molecular formula is C42H58N8O15. The highest BCUT2D eigenvalue weighted by molar-refractivity contribution is 6.15. The first-order valence-electron chi connectivity index (χ1n) is 21.5. The molecule has 7 rings (SSSR count). The van der Waals surface area contributed by atoms with Crippen molar-refractivity contribution in [3.05, 3.63) is 66.5 Å². The second-order valence-corrected chi connectivity index (χ2v) is 17.1. The van der Waals surface area contributed by atoms with Crippen LogP contribution in [0.15, 0.2) is 43.8 Å². The monoisotopic (exact) mass is 914 g/mol. The van der Waals surface area contributed by atoms with Crippen LogP contribution in [0.3, 0.4) is 0 Å². The van der Waals surface area contributed by atoms with Crippen LogP contribution in [-0.2, 0) is 45.2 Å². The van der Waals surface area contributed by atoms with Crippen molar-refractivity contribution in [1.29, 1.82) is 0 Å². The van der Waals surface area contributed by atoms with Gasteiger partial charge in [-0.05, 0) is 78.7 Å². The number of nitrogens with zero attached hydrogens (tertiary/aromatic N) is 8. The maximum Gasteiger partial charge on any atom is 0.263 e. The van der Waals surface area contributed by atoms with Gasteiger partial charge in [-0.25, -0.2) is 0 Å². The molecule has 0 unspecified atom stereocenters. The number of aromatic nitrogens is 5. The molecular weight excluding hydrogens is 857 g/mol. The number of aromatic hydroxyl groups is 1. The number of rotatable bonds is 19. The number of aliphatic hydroxyl groups is 7. The third-order valence-electron chi connectivity index (χ3n) is 11.9. The first-order chi connectivity index (χ1) is 31.1. The number of hydrogen-bond acceptors (Lipinski definition) is 20. The van der Waals surface area contributed by atoms with Crippen molar-refractivity contribution in [3.8, 4) is 17.0 Å². The topological polar surface area (TPSA) is 309 Å². The summed E-state index contributed by atoms with van der Waals surface area (Å²) in [6.45, 7) is 0.510. The maximum absolute atomic E-state index is 14.3. The molecule has 0 amide bonds. The van der Waals surface area contributed by atoms with Gasteiger partial charge in [0.2, 0.25) is 5.88 Å². The van der Waals surface area contributed by atoms with Crippen molar-refractivity contribution in [2.24, 2.45) is 4.99 Å². The summed E-state index contributed by atoms with van der Waals surface area (Å²) in [5.74, 6) is -0.255. The van der Waals surface area contributed by atoms with Gasteiger partial charge in [-0.2, -0.15) is 0 Å². The molecule has 3 aromatic rings. The lowest BCUT2D eigenvalue weighted by molar-refractivity contribution is -0.360. The predicted octanol–water partition coefficient (Wildman–Crippen LogP) is -4.01. The minimum absolute atomic E-state index is 0.177. The normalized spacial score (nSPS) is 26.8. The lowest BCUT2D eigenvalue weighted by atomic mass is 9.90. The summed E-state index contributed by atoms with van der Waals surface area (Å²) >= 11 is 0. The van der Waals surface area contributed by atoms with Gasteiger partial charge in [-0.3, -0.25) is 33.2 Å². The summed E-state index contributed by atoms with van der Waals surface area (Å²) in [5.41, 5.74) is -0.625. The number of pyridine rings is 2. The van der Waals surface area contributed by atoms with Crippen molar-refractivity contribution in [3.63, 3.8) is 0 Å². The van der Waals surface area contributed by atoms with Crippen LogP contribution in [0, 0.1) is 0 Å². The Hall–Kier alpha value is -4.60. The van der Waals surface area contributed by atoms with Crippen molar-refractivity contribution in [1.82, 2.24) is 33.9 Å². The molecule has 8 N–H and O–H groups in total. The molecule has 2 aromatic heterocycles. The lowest BCUT2D eigenvalue weighted by Crippen LogP contribution is -2.64. The fourth-order valence-electron chi connectivity index (χ4n) is 8.49. The molecule has 5 heterocycles. The van der Waals surface area contributed by atoms with Gasteiger partial charge in [0, 0.05) is 47.9 Å². The SMILES string of the molecule is CN(C)CCCn1c(O)c2ccc3c4c2c(c(=NCCCn2cc(CO[C@@H]5O[C@H](CO)[C@@H](O[C@H]6O[C@H](CO)[C@@H](O)[C@H](O)[C@H]6O)[C@H](O)[C@H]5O)nn2)cc-4c(=O)n(CCCN(C)C)c3=O)c1=O. The molecule has 2 saturated heterocycles. The highest BCUT2D eigenvalue weighted by atomic mass is 16.7. The van der Waals surface area contributed by atoms with Crippen molar-refractivity contribution < 1.29 is 59.8 Å². The van der Waals surface area contributed by atoms with E-state index in [2.05, 4.69) is 10.3 Å². The van der Waals surface area contributed by atoms with E-state index in [1.165, 1.54) is 13.8 Å². The Morgan fingerprint density at radius 3 is 2.06 bits per heavy atom. The summed E-state index contributed by atoms with van der Waals surface area (Å²) in [6.07, 6.45) is -12.9. The molecule has 23 nitrogen and oxygen atoms in total. The van der Waals surface area contributed by atoms with E-state index in [-0.39, 0.29) is 53.8 Å². The molecule has 65 heavy (non-hydrogen) atoms. The Morgan fingerprint density at radius 1 is 0.738 bits per heavy atom. The van der Waals surface area contributed by atoms with Crippen LogP contribution in [0.2, 0.25) is 0 Å². The summed E-state index contributed by atoms with van der Waals surface area (Å²) in [6, 6.07) is 4.77.